The molecular formula is C26H25N3O4S. The molecule has 0 fully saturated rings. The molecule has 174 valence electrons. The number of hydrogen-bond acceptors (Lipinski definition) is 6. The van der Waals surface area contributed by atoms with Gasteiger partial charge < -0.3 is 14.4 Å². The van der Waals surface area contributed by atoms with Crippen LogP contribution in [-0.4, -0.2) is 40.1 Å². The minimum atomic E-state index is -0.197. The topological polar surface area (TPSA) is 73.7 Å². The fourth-order valence-corrected chi connectivity index (χ4v) is 5.23. The van der Waals surface area contributed by atoms with Crippen LogP contribution in [0.2, 0.25) is 0 Å². The molecule has 0 N–H and O–H groups in total. The number of thiophene rings is 1. The van der Waals surface area contributed by atoms with Crippen LogP contribution in [-0.2, 0) is 17.9 Å². The predicted molar refractivity (Wildman–Crippen MR) is 133 cm³/mol. The molecule has 5 rings (SSSR count). The maximum Gasteiger partial charge on any atom is 0.263 e. The molecule has 1 amide bonds. The van der Waals surface area contributed by atoms with E-state index in [1.807, 2.05) is 62.4 Å². The molecule has 0 aliphatic carbocycles. The summed E-state index contributed by atoms with van der Waals surface area (Å²) in [6.45, 7) is 5.84. The molecule has 0 atom stereocenters. The van der Waals surface area contributed by atoms with Gasteiger partial charge >= 0.3 is 0 Å². The van der Waals surface area contributed by atoms with Crippen LogP contribution in [0.1, 0.15) is 17.4 Å². The summed E-state index contributed by atoms with van der Waals surface area (Å²) in [6.07, 6.45) is 1.48. The Balaban J connectivity index is 1.41. The molecule has 8 heteroatoms. The number of benzene rings is 2. The normalized spacial score (nSPS) is 12.6. The maximum absolute atomic E-state index is 13.4. The highest BCUT2D eigenvalue weighted by atomic mass is 32.1. The lowest BCUT2D eigenvalue weighted by molar-refractivity contribution is -0.132. The summed E-state index contributed by atoms with van der Waals surface area (Å²) in [4.78, 5) is 34.5. The molecule has 2 aromatic carbocycles. The van der Waals surface area contributed by atoms with E-state index in [-0.39, 0.29) is 18.0 Å². The lowest BCUT2D eigenvalue weighted by atomic mass is 10.0. The Kier molecular flexibility index (Phi) is 6.06. The van der Waals surface area contributed by atoms with Crippen LogP contribution in [0.25, 0.3) is 21.3 Å². The quantitative estimate of drug-likeness (QED) is 0.417. The van der Waals surface area contributed by atoms with Crippen LogP contribution in [0.15, 0.2) is 59.7 Å². The summed E-state index contributed by atoms with van der Waals surface area (Å²) in [6, 6.07) is 15.5. The van der Waals surface area contributed by atoms with E-state index < -0.39 is 0 Å². The molecular weight excluding hydrogens is 450 g/mol. The summed E-state index contributed by atoms with van der Waals surface area (Å²) in [5, 5.41) is 0.568. The summed E-state index contributed by atoms with van der Waals surface area (Å²) >= 11 is 1.50. The molecule has 0 radical (unpaired) electrons. The lowest BCUT2D eigenvalue weighted by Crippen LogP contribution is -2.36. The highest BCUT2D eigenvalue weighted by Gasteiger charge is 2.20. The zero-order valence-corrected chi connectivity index (χ0v) is 19.9. The first-order valence-corrected chi connectivity index (χ1v) is 12.1. The maximum atomic E-state index is 13.4. The van der Waals surface area contributed by atoms with Gasteiger partial charge in [-0.3, -0.25) is 14.2 Å². The Hall–Kier alpha value is -3.65. The van der Waals surface area contributed by atoms with Crippen LogP contribution in [0.3, 0.4) is 0 Å². The number of aryl methyl sites for hydroxylation is 1. The number of amides is 1. The van der Waals surface area contributed by atoms with Crippen molar-refractivity contribution in [1.29, 1.82) is 0 Å². The van der Waals surface area contributed by atoms with Crippen molar-refractivity contribution >= 4 is 27.5 Å². The first-order valence-electron chi connectivity index (χ1n) is 11.3. The number of hydrogen-bond donors (Lipinski definition) is 0. The average molecular weight is 476 g/mol. The minimum absolute atomic E-state index is 0.0662. The third kappa shape index (κ3) is 4.17. The van der Waals surface area contributed by atoms with Crippen molar-refractivity contribution in [2.75, 3.05) is 19.8 Å². The lowest BCUT2D eigenvalue weighted by Gasteiger charge is -2.23. The van der Waals surface area contributed by atoms with Gasteiger partial charge in [-0.15, -0.1) is 11.3 Å². The van der Waals surface area contributed by atoms with E-state index in [4.69, 9.17) is 9.47 Å². The van der Waals surface area contributed by atoms with Gasteiger partial charge in [0.2, 0.25) is 5.91 Å². The van der Waals surface area contributed by atoms with Gasteiger partial charge in [-0.25, -0.2) is 4.98 Å². The average Bonchev–Trinajstić information content (AvgIpc) is 3.21. The molecule has 7 nitrogen and oxygen atoms in total. The van der Waals surface area contributed by atoms with E-state index >= 15 is 0 Å². The number of fused-ring (bicyclic) bond motifs is 2. The van der Waals surface area contributed by atoms with Gasteiger partial charge in [0.1, 0.15) is 24.6 Å². The monoisotopic (exact) mass is 475 g/mol. The smallest absolute Gasteiger partial charge is 0.263 e. The van der Waals surface area contributed by atoms with Crippen molar-refractivity contribution < 1.29 is 14.3 Å². The third-order valence-electron chi connectivity index (χ3n) is 5.94. The first-order chi connectivity index (χ1) is 16.5. The van der Waals surface area contributed by atoms with Gasteiger partial charge in [-0.2, -0.15) is 0 Å². The Bertz CT molecular complexity index is 1410. The molecule has 0 spiro atoms. The van der Waals surface area contributed by atoms with Crippen LogP contribution < -0.4 is 15.0 Å². The molecule has 4 aromatic rings. The fourth-order valence-electron chi connectivity index (χ4n) is 4.23. The molecule has 1 aliphatic rings. The van der Waals surface area contributed by atoms with Crippen molar-refractivity contribution in [3.05, 3.63) is 75.7 Å². The number of carbonyl (C=O) groups is 1. The molecule has 0 bridgehead atoms. The van der Waals surface area contributed by atoms with Gasteiger partial charge in [0.15, 0.2) is 11.5 Å². The minimum Gasteiger partial charge on any atom is -0.486 e. The summed E-state index contributed by atoms with van der Waals surface area (Å²) in [7, 11) is 0. The fraction of sp³-hybridized carbons (Fsp3) is 0.269. The van der Waals surface area contributed by atoms with Crippen molar-refractivity contribution in [2.24, 2.45) is 0 Å². The Morgan fingerprint density at radius 1 is 1.12 bits per heavy atom. The van der Waals surface area contributed by atoms with Gasteiger partial charge in [-0.05, 0) is 37.1 Å². The van der Waals surface area contributed by atoms with E-state index in [0.29, 0.717) is 42.3 Å². The molecule has 0 saturated carbocycles. The van der Waals surface area contributed by atoms with Crippen LogP contribution in [0, 0.1) is 6.92 Å². The van der Waals surface area contributed by atoms with Crippen LogP contribution in [0.5, 0.6) is 11.5 Å². The summed E-state index contributed by atoms with van der Waals surface area (Å²) < 4.78 is 12.7. The molecule has 3 heterocycles. The van der Waals surface area contributed by atoms with Gasteiger partial charge in [-0.1, -0.05) is 36.4 Å². The van der Waals surface area contributed by atoms with E-state index in [0.717, 1.165) is 27.3 Å². The number of likely N-dealkylation sites (N-methyl/N-ethyl adjacent to an activating group) is 1. The van der Waals surface area contributed by atoms with E-state index in [1.54, 1.807) is 4.90 Å². The van der Waals surface area contributed by atoms with Crippen LogP contribution >= 0.6 is 11.3 Å². The van der Waals surface area contributed by atoms with Crippen molar-refractivity contribution in [3.63, 3.8) is 0 Å². The highest BCUT2D eigenvalue weighted by molar-refractivity contribution is 7.19. The predicted octanol–water partition coefficient (Wildman–Crippen LogP) is 4.25. The van der Waals surface area contributed by atoms with Crippen molar-refractivity contribution in [1.82, 2.24) is 14.5 Å². The molecule has 2 aromatic heterocycles. The van der Waals surface area contributed by atoms with Crippen molar-refractivity contribution in [2.45, 2.75) is 26.9 Å². The Morgan fingerprint density at radius 3 is 2.65 bits per heavy atom. The van der Waals surface area contributed by atoms with E-state index in [1.165, 1.54) is 22.2 Å². The second-order valence-electron chi connectivity index (χ2n) is 8.14. The Morgan fingerprint density at radius 2 is 1.88 bits per heavy atom. The number of rotatable bonds is 6. The molecule has 34 heavy (non-hydrogen) atoms. The first kappa shape index (κ1) is 22.2. The molecule has 0 unspecified atom stereocenters. The number of aromatic nitrogens is 2. The largest absolute Gasteiger partial charge is 0.486 e. The second kappa shape index (κ2) is 9.30. The van der Waals surface area contributed by atoms with Gasteiger partial charge in [0.05, 0.1) is 11.7 Å². The van der Waals surface area contributed by atoms with Gasteiger partial charge in [0.25, 0.3) is 5.56 Å². The number of nitrogens with zero attached hydrogens (tertiary/aromatic N) is 3. The number of ether oxygens (including phenoxy) is 2. The molecule has 0 saturated heterocycles. The SMILES string of the molecule is CCN(Cc1ccc2c(c1)OCCO2)C(=O)Cn1cnc2sc(C)c(-c3ccccc3)c2c1=O. The van der Waals surface area contributed by atoms with Gasteiger partial charge in [0, 0.05) is 23.5 Å². The standard InChI is InChI=1S/C26H25N3O4S/c1-3-28(14-18-9-10-20-21(13-18)33-12-11-32-20)22(30)15-29-16-27-25-24(26(29)31)23(17(2)34-25)19-7-5-4-6-8-19/h4-10,13,16H,3,11-12,14-15H2,1-2H3. The second-order valence-corrected chi connectivity index (χ2v) is 9.35. The Labute approximate surface area is 201 Å². The molecule has 1 aliphatic heterocycles. The zero-order chi connectivity index (χ0) is 23.7. The van der Waals surface area contributed by atoms with Crippen molar-refractivity contribution in [3.8, 4) is 22.6 Å². The van der Waals surface area contributed by atoms with E-state index in [9.17, 15) is 9.59 Å². The van der Waals surface area contributed by atoms with E-state index in [2.05, 4.69) is 4.98 Å². The summed E-state index contributed by atoms with van der Waals surface area (Å²) in [5.74, 6) is 1.27. The number of carbonyl (C=O) groups excluding carboxylic acids is 1. The zero-order valence-electron chi connectivity index (χ0n) is 19.1. The third-order valence-corrected chi connectivity index (χ3v) is 6.95. The van der Waals surface area contributed by atoms with Crippen LogP contribution in [0.4, 0.5) is 0 Å². The highest BCUT2D eigenvalue weighted by Crippen LogP contribution is 2.35. The summed E-state index contributed by atoms with van der Waals surface area (Å²) in [5.41, 5.74) is 2.61.